The molecule has 0 spiro atoms. The van der Waals surface area contributed by atoms with E-state index in [0.29, 0.717) is 10.3 Å². The minimum absolute atomic E-state index is 0.108. The van der Waals surface area contributed by atoms with E-state index in [1.54, 1.807) is 11.3 Å². The fraction of sp³-hybridized carbons (Fsp3) is 0.842. The van der Waals surface area contributed by atoms with Gasteiger partial charge in [0.2, 0.25) is 0 Å². The maximum atomic E-state index is 4.54. The zero-order chi connectivity index (χ0) is 18.4. The SMILES string of the molecule is CC.CCN1CCN(C2(C)NC34CCN(c5nccs5)CC3(C4)S2)CC1. The summed E-state index contributed by atoms with van der Waals surface area (Å²) in [5.74, 6) is 0. The molecule has 0 aromatic carbocycles. The number of nitrogens with zero attached hydrogens (tertiary/aromatic N) is 4. The molecule has 26 heavy (non-hydrogen) atoms. The lowest BCUT2D eigenvalue weighted by atomic mass is 10.0. The number of likely N-dealkylation sites (N-methyl/N-ethyl adjacent to an activating group) is 1. The second-order valence-corrected chi connectivity index (χ2v) is 10.5. The Morgan fingerprint density at radius 3 is 2.62 bits per heavy atom. The van der Waals surface area contributed by atoms with Gasteiger partial charge >= 0.3 is 0 Å². The first-order chi connectivity index (χ1) is 12.6. The van der Waals surface area contributed by atoms with Gasteiger partial charge in [-0.05, 0) is 26.3 Å². The summed E-state index contributed by atoms with van der Waals surface area (Å²) in [7, 11) is 0. The molecule has 5 nitrogen and oxygen atoms in total. The number of anilines is 1. The summed E-state index contributed by atoms with van der Waals surface area (Å²) in [6, 6.07) is 0. The number of rotatable bonds is 3. The Morgan fingerprint density at radius 1 is 1.19 bits per heavy atom. The third-order valence-electron chi connectivity index (χ3n) is 6.57. The van der Waals surface area contributed by atoms with Crippen LogP contribution in [0.15, 0.2) is 11.6 Å². The van der Waals surface area contributed by atoms with Crippen LogP contribution in [-0.2, 0) is 0 Å². The molecule has 4 fully saturated rings. The molecule has 4 heterocycles. The van der Waals surface area contributed by atoms with Crippen molar-refractivity contribution in [3.05, 3.63) is 11.6 Å². The van der Waals surface area contributed by atoms with E-state index in [0.717, 1.165) is 13.1 Å². The van der Waals surface area contributed by atoms with Gasteiger partial charge in [0.05, 0.1) is 4.75 Å². The first-order valence-corrected chi connectivity index (χ1v) is 11.9. The van der Waals surface area contributed by atoms with Gasteiger partial charge in [-0.1, -0.05) is 20.8 Å². The average molecular weight is 396 g/mol. The zero-order valence-electron chi connectivity index (χ0n) is 16.6. The molecule has 1 saturated carbocycles. The Kier molecular flexibility index (Phi) is 5.06. The van der Waals surface area contributed by atoms with Crippen LogP contribution in [0, 0.1) is 0 Å². The summed E-state index contributed by atoms with van der Waals surface area (Å²) in [4.78, 5) is 12.4. The first-order valence-electron chi connectivity index (χ1n) is 10.2. The van der Waals surface area contributed by atoms with E-state index >= 15 is 0 Å². The molecule has 1 N–H and O–H groups in total. The summed E-state index contributed by atoms with van der Waals surface area (Å²) in [5, 5.41) is 7.41. The normalized spacial score (nSPS) is 39.8. The molecule has 1 aromatic heterocycles. The lowest BCUT2D eigenvalue weighted by Crippen LogP contribution is -2.61. The number of piperidine rings is 1. The molecule has 3 aliphatic heterocycles. The van der Waals surface area contributed by atoms with Gasteiger partial charge in [-0.2, -0.15) is 0 Å². The number of thioether (sulfide) groups is 1. The fourth-order valence-electron chi connectivity index (χ4n) is 5.09. The van der Waals surface area contributed by atoms with Crippen LogP contribution < -0.4 is 10.2 Å². The number of nitrogens with one attached hydrogen (secondary N) is 1. The highest BCUT2D eigenvalue weighted by Crippen LogP contribution is 2.70. The molecule has 3 atom stereocenters. The molecule has 0 radical (unpaired) electrons. The smallest absolute Gasteiger partial charge is 0.185 e. The van der Waals surface area contributed by atoms with Crippen LogP contribution >= 0.6 is 23.1 Å². The van der Waals surface area contributed by atoms with E-state index in [1.165, 1.54) is 50.7 Å². The molecular formula is C19H33N5S2. The van der Waals surface area contributed by atoms with Crippen molar-refractivity contribution < 1.29 is 0 Å². The van der Waals surface area contributed by atoms with Crippen molar-refractivity contribution in [2.45, 2.75) is 55.8 Å². The third kappa shape index (κ3) is 2.91. The second-order valence-electron chi connectivity index (χ2n) is 7.87. The van der Waals surface area contributed by atoms with Crippen LogP contribution in [-0.4, -0.2) is 75.9 Å². The maximum Gasteiger partial charge on any atom is 0.185 e. The Morgan fingerprint density at radius 2 is 1.96 bits per heavy atom. The average Bonchev–Trinajstić information content (AvgIpc) is 3.00. The predicted octanol–water partition coefficient (Wildman–Crippen LogP) is 2.91. The summed E-state index contributed by atoms with van der Waals surface area (Å²) < 4.78 is 0.396. The predicted molar refractivity (Wildman–Crippen MR) is 113 cm³/mol. The maximum absolute atomic E-state index is 4.54. The lowest BCUT2D eigenvalue weighted by Gasteiger charge is -2.45. The molecule has 0 amide bonds. The van der Waals surface area contributed by atoms with Gasteiger partial charge < -0.3 is 9.80 Å². The van der Waals surface area contributed by atoms with Crippen molar-refractivity contribution >= 4 is 28.2 Å². The van der Waals surface area contributed by atoms with E-state index in [1.807, 2.05) is 20.0 Å². The minimum atomic E-state index is 0.108. The van der Waals surface area contributed by atoms with E-state index in [-0.39, 0.29) is 4.99 Å². The van der Waals surface area contributed by atoms with Crippen molar-refractivity contribution in [3.8, 4) is 0 Å². The van der Waals surface area contributed by atoms with Crippen LogP contribution in [0.1, 0.15) is 40.5 Å². The third-order valence-corrected chi connectivity index (χ3v) is 9.21. The van der Waals surface area contributed by atoms with E-state index < -0.39 is 0 Å². The summed E-state index contributed by atoms with van der Waals surface area (Å²) in [5.41, 5.74) is 0.377. The Bertz CT molecular complexity index is 617. The monoisotopic (exact) mass is 395 g/mol. The minimum Gasteiger partial charge on any atom is -0.347 e. The molecule has 146 valence electrons. The van der Waals surface area contributed by atoms with Crippen molar-refractivity contribution in [1.29, 1.82) is 0 Å². The lowest BCUT2D eigenvalue weighted by molar-refractivity contribution is 0.0689. The molecule has 7 heteroatoms. The second kappa shape index (κ2) is 6.92. The van der Waals surface area contributed by atoms with E-state index in [2.05, 4.69) is 56.0 Å². The highest BCUT2D eigenvalue weighted by molar-refractivity contribution is 8.02. The Labute approximate surface area is 166 Å². The molecule has 4 aliphatic rings. The topological polar surface area (TPSA) is 34.6 Å². The molecule has 1 aromatic rings. The molecular weight excluding hydrogens is 362 g/mol. The van der Waals surface area contributed by atoms with Crippen molar-refractivity contribution in [2.24, 2.45) is 0 Å². The van der Waals surface area contributed by atoms with Crippen molar-refractivity contribution in [3.63, 3.8) is 0 Å². The van der Waals surface area contributed by atoms with Crippen LogP contribution in [0.4, 0.5) is 5.13 Å². The zero-order valence-corrected chi connectivity index (χ0v) is 18.3. The number of hydrogen-bond acceptors (Lipinski definition) is 7. The van der Waals surface area contributed by atoms with Crippen LogP contribution in [0.5, 0.6) is 0 Å². The fourth-order valence-corrected chi connectivity index (χ4v) is 7.96. The number of thiazole rings is 1. The van der Waals surface area contributed by atoms with Gasteiger partial charge in [0.1, 0.15) is 4.99 Å². The Balaban J connectivity index is 0.000000814. The van der Waals surface area contributed by atoms with Gasteiger partial charge in [0.25, 0.3) is 0 Å². The summed E-state index contributed by atoms with van der Waals surface area (Å²) in [6.45, 7) is 17.0. The summed E-state index contributed by atoms with van der Waals surface area (Å²) in [6.07, 6.45) is 4.52. The molecule has 3 unspecified atom stereocenters. The van der Waals surface area contributed by atoms with Crippen LogP contribution in [0.3, 0.4) is 0 Å². The Hall–Kier alpha value is -0.340. The van der Waals surface area contributed by atoms with Crippen LogP contribution in [0.25, 0.3) is 0 Å². The molecule has 1 aliphatic carbocycles. The number of piperazine rings is 1. The van der Waals surface area contributed by atoms with Gasteiger partial charge in [-0.15, -0.1) is 23.1 Å². The first kappa shape index (κ1) is 19.0. The van der Waals surface area contributed by atoms with E-state index in [9.17, 15) is 0 Å². The van der Waals surface area contributed by atoms with E-state index in [4.69, 9.17) is 0 Å². The molecule has 3 saturated heterocycles. The highest BCUT2D eigenvalue weighted by atomic mass is 32.2. The standard InChI is InChI=1S/C17H27N5S2.C2H6/c1-3-20-7-9-22(10-8-20)15(2)19-16-4-6-21(14-18-5-11-23-14)13-17(16,12-16)24-15;1-2/h5,11,19H,3-4,6-10,12-13H2,1-2H3;1-2H3. The summed E-state index contributed by atoms with van der Waals surface area (Å²) >= 11 is 3.99. The van der Waals surface area contributed by atoms with Gasteiger partial charge in [-0.3, -0.25) is 10.2 Å². The largest absolute Gasteiger partial charge is 0.347 e. The van der Waals surface area contributed by atoms with Gasteiger partial charge in [0, 0.05) is 56.4 Å². The highest BCUT2D eigenvalue weighted by Gasteiger charge is 2.77. The number of aromatic nitrogens is 1. The van der Waals surface area contributed by atoms with Crippen molar-refractivity contribution in [2.75, 3.05) is 50.7 Å². The molecule has 0 bridgehead atoms. The molecule has 5 rings (SSSR count). The number of hydrogen-bond donors (Lipinski definition) is 1. The van der Waals surface area contributed by atoms with Gasteiger partial charge in [0.15, 0.2) is 5.13 Å². The van der Waals surface area contributed by atoms with Crippen LogP contribution in [0.2, 0.25) is 0 Å². The van der Waals surface area contributed by atoms with Gasteiger partial charge in [-0.25, -0.2) is 4.98 Å². The van der Waals surface area contributed by atoms with Crippen molar-refractivity contribution in [1.82, 2.24) is 20.1 Å². The quantitative estimate of drug-likeness (QED) is 0.848.